The van der Waals surface area contributed by atoms with Crippen LogP contribution in [0, 0.1) is 6.92 Å². The molecule has 1 heterocycles. The molecular formula is C20H20ClNO3. The van der Waals surface area contributed by atoms with E-state index >= 15 is 0 Å². The molecule has 0 aliphatic carbocycles. The molecule has 3 rings (SSSR count). The van der Waals surface area contributed by atoms with Gasteiger partial charge in [0.05, 0.1) is 7.11 Å². The molecule has 5 heteroatoms. The second-order valence-corrected chi connectivity index (χ2v) is 6.33. The Hall–Kier alpha value is -2.30. The van der Waals surface area contributed by atoms with Gasteiger partial charge in [0.1, 0.15) is 11.3 Å². The van der Waals surface area contributed by atoms with Crippen LogP contribution in [-0.2, 0) is 13.0 Å². The zero-order valence-corrected chi connectivity index (χ0v) is 15.0. The second kappa shape index (κ2) is 7.72. The number of benzene rings is 2. The number of rotatable bonds is 6. The average molecular weight is 358 g/mol. The third-order valence-electron chi connectivity index (χ3n) is 4.19. The maximum atomic E-state index is 11.8. The standard InChI is InChI=1S/C20H20ClNO3/c1-13-9-19-16(11-17(13)21)15(10-20(23)25-19)12-22-8-7-14-5-3-4-6-18(14)24-2/h3-6,9-11,22H,7-8,12H2,1-2H3. The fourth-order valence-electron chi connectivity index (χ4n) is 2.85. The number of para-hydroxylation sites is 1. The summed E-state index contributed by atoms with van der Waals surface area (Å²) < 4.78 is 10.6. The zero-order chi connectivity index (χ0) is 17.8. The Morgan fingerprint density at radius 2 is 1.96 bits per heavy atom. The first-order chi connectivity index (χ1) is 12.1. The van der Waals surface area contributed by atoms with Crippen LogP contribution < -0.4 is 15.7 Å². The third-order valence-corrected chi connectivity index (χ3v) is 4.60. The van der Waals surface area contributed by atoms with Crippen molar-refractivity contribution < 1.29 is 9.15 Å². The van der Waals surface area contributed by atoms with Crippen molar-refractivity contribution in [3.8, 4) is 5.75 Å². The molecule has 0 saturated carbocycles. The van der Waals surface area contributed by atoms with Crippen molar-refractivity contribution in [2.75, 3.05) is 13.7 Å². The summed E-state index contributed by atoms with van der Waals surface area (Å²) in [7, 11) is 1.67. The van der Waals surface area contributed by atoms with Gasteiger partial charge >= 0.3 is 5.63 Å². The monoisotopic (exact) mass is 357 g/mol. The summed E-state index contributed by atoms with van der Waals surface area (Å²) in [4.78, 5) is 11.8. The maximum absolute atomic E-state index is 11.8. The summed E-state index contributed by atoms with van der Waals surface area (Å²) in [5, 5.41) is 4.90. The minimum atomic E-state index is -0.351. The van der Waals surface area contributed by atoms with Crippen molar-refractivity contribution >= 4 is 22.6 Å². The number of hydrogen-bond donors (Lipinski definition) is 1. The number of hydrogen-bond acceptors (Lipinski definition) is 4. The van der Waals surface area contributed by atoms with Crippen LogP contribution in [0.5, 0.6) is 5.75 Å². The molecule has 0 aliphatic rings. The molecule has 0 unspecified atom stereocenters. The van der Waals surface area contributed by atoms with Crippen LogP contribution in [0.2, 0.25) is 5.02 Å². The van der Waals surface area contributed by atoms with Crippen molar-refractivity contribution in [3.63, 3.8) is 0 Å². The van der Waals surface area contributed by atoms with Gasteiger partial charge in [-0.2, -0.15) is 0 Å². The number of methoxy groups -OCH3 is 1. The number of aryl methyl sites for hydroxylation is 1. The summed E-state index contributed by atoms with van der Waals surface area (Å²) in [5.41, 5.74) is 3.13. The molecule has 4 nitrogen and oxygen atoms in total. The molecule has 0 spiro atoms. The average Bonchev–Trinajstić information content (AvgIpc) is 2.60. The molecule has 0 saturated heterocycles. The Labute approximate surface area is 151 Å². The molecule has 130 valence electrons. The van der Waals surface area contributed by atoms with Crippen molar-refractivity contribution in [2.45, 2.75) is 19.9 Å². The minimum Gasteiger partial charge on any atom is -0.496 e. The first-order valence-electron chi connectivity index (χ1n) is 8.14. The van der Waals surface area contributed by atoms with Crippen LogP contribution >= 0.6 is 11.6 Å². The lowest BCUT2D eigenvalue weighted by Gasteiger charge is -2.10. The van der Waals surface area contributed by atoms with E-state index in [0.29, 0.717) is 17.2 Å². The smallest absolute Gasteiger partial charge is 0.336 e. The normalized spacial score (nSPS) is 11.0. The van der Waals surface area contributed by atoms with E-state index in [2.05, 4.69) is 11.4 Å². The predicted molar refractivity (Wildman–Crippen MR) is 101 cm³/mol. The Morgan fingerprint density at radius 3 is 2.76 bits per heavy atom. The highest BCUT2D eigenvalue weighted by Gasteiger charge is 2.08. The molecular weight excluding hydrogens is 338 g/mol. The molecule has 0 fully saturated rings. The molecule has 0 bridgehead atoms. The maximum Gasteiger partial charge on any atom is 0.336 e. The molecule has 2 aromatic carbocycles. The lowest BCUT2D eigenvalue weighted by molar-refractivity contribution is 0.409. The summed E-state index contributed by atoms with van der Waals surface area (Å²) in [6.07, 6.45) is 0.837. The first kappa shape index (κ1) is 17.5. The highest BCUT2D eigenvalue weighted by Crippen LogP contribution is 2.25. The van der Waals surface area contributed by atoms with Gasteiger partial charge in [-0.25, -0.2) is 4.79 Å². The van der Waals surface area contributed by atoms with E-state index in [0.717, 1.165) is 40.8 Å². The van der Waals surface area contributed by atoms with Crippen LogP contribution in [0.15, 0.2) is 51.7 Å². The van der Waals surface area contributed by atoms with E-state index in [9.17, 15) is 4.79 Å². The minimum absolute atomic E-state index is 0.351. The van der Waals surface area contributed by atoms with E-state index in [-0.39, 0.29) is 5.63 Å². The topological polar surface area (TPSA) is 51.5 Å². The zero-order valence-electron chi connectivity index (χ0n) is 14.3. The molecule has 0 amide bonds. The Morgan fingerprint density at radius 1 is 1.16 bits per heavy atom. The molecule has 25 heavy (non-hydrogen) atoms. The lowest BCUT2D eigenvalue weighted by atomic mass is 10.1. The van der Waals surface area contributed by atoms with Crippen LogP contribution in [0.25, 0.3) is 11.0 Å². The van der Waals surface area contributed by atoms with Crippen LogP contribution in [0.4, 0.5) is 0 Å². The molecule has 1 N–H and O–H groups in total. The van der Waals surface area contributed by atoms with E-state index in [4.69, 9.17) is 20.8 Å². The van der Waals surface area contributed by atoms with Gasteiger partial charge in [-0.15, -0.1) is 0 Å². The van der Waals surface area contributed by atoms with E-state index in [1.807, 2.05) is 31.2 Å². The third kappa shape index (κ3) is 4.03. The molecule has 3 aromatic rings. The lowest BCUT2D eigenvalue weighted by Crippen LogP contribution is -2.18. The summed E-state index contributed by atoms with van der Waals surface area (Å²) in [6, 6.07) is 13.1. The van der Waals surface area contributed by atoms with Gasteiger partial charge in [-0.3, -0.25) is 0 Å². The molecule has 0 aliphatic heterocycles. The van der Waals surface area contributed by atoms with E-state index in [1.54, 1.807) is 13.2 Å². The fourth-order valence-corrected chi connectivity index (χ4v) is 3.01. The van der Waals surface area contributed by atoms with Gasteiger partial charge in [0, 0.05) is 23.0 Å². The van der Waals surface area contributed by atoms with Gasteiger partial charge in [0.2, 0.25) is 0 Å². The second-order valence-electron chi connectivity index (χ2n) is 5.93. The van der Waals surface area contributed by atoms with Gasteiger partial charge in [-0.1, -0.05) is 29.8 Å². The van der Waals surface area contributed by atoms with Gasteiger partial charge < -0.3 is 14.5 Å². The van der Waals surface area contributed by atoms with Crippen molar-refractivity contribution in [1.29, 1.82) is 0 Å². The van der Waals surface area contributed by atoms with Gasteiger partial charge in [0.25, 0.3) is 0 Å². The largest absolute Gasteiger partial charge is 0.496 e. The van der Waals surface area contributed by atoms with Crippen LogP contribution in [0.3, 0.4) is 0 Å². The SMILES string of the molecule is COc1ccccc1CCNCc1cc(=O)oc2cc(C)c(Cl)cc12. The number of fused-ring (bicyclic) bond motifs is 1. The van der Waals surface area contributed by atoms with Crippen molar-refractivity contribution in [2.24, 2.45) is 0 Å². The van der Waals surface area contributed by atoms with E-state index in [1.165, 1.54) is 6.07 Å². The Bertz CT molecular complexity index is 949. The Kier molecular flexibility index (Phi) is 5.41. The number of nitrogens with one attached hydrogen (secondary N) is 1. The van der Waals surface area contributed by atoms with Crippen molar-refractivity contribution in [1.82, 2.24) is 5.32 Å². The summed E-state index contributed by atoms with van der Waals surface area (Å²) in [6.45, 7) is 3.22. The quantitative estimate of drug-likeness (QED) is 0.533. The summed E-state index contributed by atoms with van der Waals surface area (Å²) >= 11 is 6.22. The van der Waals surface area contributed by atoms with Crippen molar-refractivity contribution in [3.05, 3.63) is 74.6 Å². The molecule has 1 aromatic heterocycles. The predicted octanol–water partition coefficient (Wildman–Crippen LogP) is 4.10. The van der Waals surface area contributed by atoms with Crippen LogP contribution in [-0.4, -0.2) is 13.7 Å². The molecule has 0 atom stereocenters. The van der Waals surface area contributed by atoms with Gasteiger partial charge in [-0.05, 0) is 54.8 Å². The van der Waals surface area contributed by atoms with E-state index < -0.39 is 0 Å². The first-order valence-corrected chi connectivity index (χ1v) is 8.52. The fraction of sp³-hybridized carbons (Fsp3) is 0.250. The van der Waals surface area contributed by atoms with Crippen LogP contribution in [0.1, 0.15) is 16.7 Å². The summed E-state index contributed by atoms with van der Waals surface area (Å²) in [5.74, 6) is 0.886. The number of halogens is 1. The highest BCUT2D eigenvalue weighted by molar-refractivity contribution is 6.32. The Balaban J connectivity index is 1.73. The molecule has 0 radical (unpaired) electrons. The van der Waals surface area contributed by atoms with Gasteiger partial charge in [0.15, 0.2) is 0 Å². The number of ether oxygens (including phenoxy) is 1. The highest BCUT2D eigenvalue weighted by atomic mass is 35.5.